The number of nitrogens with zero attached hydrogens (tertiary/aromatic N) is 4. The van der Waals surface area contributed by atoms with Crippen molar-refractivity contribution >= 4 is 23.2 Å². The van der Waals surface area contributed by atoms with Gasteiger partial charge in [0.25, 0.3) is 0 Å². The van der Waals surface area contributed by atoms with E-state index in [4.69, 9.17) is 17.3 Å². The molecule has 0 atom stereocenters. The molecule has 0 radical (unpaired) electrons. The van der Waals surface area contributed by atoms with Crippen LogP contribution in [0.1, 0.15) is 12.8 Å². The Bertz CT molecular complexity index is 667. The molecule has 122 valence electrons. The lowest BCUT2D eigenvalue weighted by atomic mass is 10.1. The first-order chi connectivity index (χ1) is 11.1. The van der Waals surface area contributed by atoms with Crippen LogP contribution in [-0.4, -0.2) is 51.2 Å². The summed E-state index contributed by atoms with van der Waals surface area (Å²) in [6.07, 6.45) is 4.87. The molecule has 1 aliphatic rings. The second-order valence-electron chi connectivity index (χ2n) is 5.66. The van der Waals surface area contributed by atoms with Crippen molar-refractivity contribution in [2.24, 2.45) is 5.73 Å². The van der Waals surface area contributed by atoms with Crippen LogP contribution in [0, 0.1) is 0 Å². The largest absolute Gasteiger partial charge is 0.328 e. The van der Waals surface area contributed by atoms with E-state index in [2.05, 4.69) is 20.3 Å². The SMILES string of the molecule is NC1CCN(CC(=O)Nc2cc(Cl)ccc2-n2cncn2)CC1. The fourth-order valence-electron chi connectivity index (χ4n) is 2.64. The highest BCUT2D eigenvalue weighted by molar-refractivity contribution is 6.31. The van der Waals surface area contributed by atoms with Gasteiger partial charge in [-0.1, -0.05) is 11.6 Å². The van der Waals surface area contributed by atoms with Crippen LogP contribution in [0.3, 0.4) is 0 Å². The molecule has 1 aromatic heterocycles. The molecule has 23 heavy (non-hydrogen) atoms. The fourth-order valence-corrected chi connectivity index (χ4v) is 2.82. The Balaban J connectivity index is 1.69. The molecule has 3 N–H and O–H groups in total. The van der Waals surface area contributed by atoms with Gasteiger partial charge in [0, 0.05) is 24.2 Å². The topological polar surface area (TPSA) is 89.1 Å². The van der Waals surface area contributed by atoms with Crippen molar-refractivity contribution in [3.63, 3.8) is 0 Å². The van der Waals surface area contributed by atoms with Crippen molar-refractivity contribution in [1.29, 1.82) is 0 Å². The molecule has 1 fully saturated rings. The van der Waals surface area contributed by atoms with Crippen molar-refractivity contribution in [2.75, 3.05) is 25.0 Å². The quantitative estimate of drug-likeness (QED) is 0.879. The molecule has 0 aliphatic carbocycles. The maximum Gasteiger partial charge on any atom is 0.238 e. The first-order valence-electron chi connectivity index (χ1n) is 7.54. The lowest BCUT2D eigenvalue weighted by Gasteiger charge is -2.29. The van der Waals surface area contributed by atoms with Gasteiger partial charge >= 0.3 is 0 Å². The Morgan fingerprint density at radius 3 is 2.87 bits per heavy atom. The van der Waals surface area contributed by atoms with Gasteiger partial charge in [0.1, 0.15) is 12.7 Å². The third kappa shape index (κ3) is 4.07. The summed E-state index contributed by atoms with van der Waals surface area (Å²) in [6, 6.07) is 5.51. The van der Waals surface area contributed by atoms with E-state index in [0.717, 1.165) is 31.6 Å². The Morgan fingerprint density at radius 2 is 2.17 bits per heavy atom. The van der Waals surface area contributed by atoms with Crippen LogP contribution in [0.5, 0.6) is 0 Å². The van der Waals surface area contributed by atoms with Crippen LogP contribution in [0.4, 0.5) is 5.69 Å². The predicted octanol–water partition coefficient (Wildman–Crippen LogP) is 1.28. The van der Waals surface area contributed by atoms with Crippen LogP contribution >= 0.6 is 11.6 Å². The van der Waals surface area contributed by atoms with Gasteiger partial charge in [-0.2, -0.15) is 5.10 Å². The molecule has 0 spiro atoms. The third-order valence-electron chi connectivity index (χ3n) is 3.90. The van der Waals surface area contributed by atoms with E-state index in [1.807, 2.05) is 0 Å². The third-order valence-corrected chi connectivity index (χ3v) is 4.13. The number of carbonyl (C=O) groups excluding carboxylic acids is 1. The van der Waals surface area contributed by atoms with Crippen LogP contribution in [0.15, 0.2) is 30.9 Å². The minimum atomic E-state index is -0.0795. The van der Waals surface area contributed by atoms with Gasteiger partial charge in [-0.25, -0.2) is 9.67 Å². The first kappa shape index (κ1) is 15.9. The van der Waals surface area contributed by atoms with Crippen LogP contribution in [0.25, 0.3) is 5.69 Å². The molecule has 8 heteroatoms. The molecule has 0 saturated carbocycles. The van der Waals surface area contributed by atoms with Crippen molar-refractivity contribution in [2.45, 2.75) is 18.9 Å². The summed E-state index contributed by atoms with van der Waals surface area (Å²) >= 11 is 6.05. The van der Waals surface area contributed by atoms with Gasteiger partial charge in [0.05, 0.1) is 17.9 Å². The van der Waals surface area contributed by atoms with Crippen molar-refractivity contribution in [1.82, 2.24) is 19.7 Å². The summed E-state index contributed by atoms with van der Waals surface area (Å²) < 4.78 is 1.59. The molecule has 1 aromatic carbocycles. The highest BCUT2D eigenvalue weighted by Crippen LogP contribution is 2.24. The lowest BCUT2D eigenvalue weighted by Crippen LogP contribution is -2.43. The zero-order valence-electron chi connectivity index (χ0n) is 12.7. The number of hydrogen-bond donors (Lipinski definition) is 2. The van der Waals surface area contributed by atoms with E-state index in [0.29, 0.717) is 17.3 Å². The van der Waals surface area contributed by atoms with Crippen LogP contribution < -0.4 is 11.1 Å². The number of halogens is 1. The fraction of sp³-hybridized carbons (Fsp3) is 0.400. The average Bonchev–Trinajstić information content (AvgIpc) is 3.04. The van der Waals surface area contributed by atoms with Crippen LogP contribution in [0.2, 0.25) is 5.02 Å². The molecule has 2 aromatic rings. The second-order valence-corrected chi connectivity index (χ2v) is 6.10. The Morgan fingerprint density at radius 1 is 1.39 bits per heavy atom. The van der Waals surface area contributed by atoms with Gasteiger partial charge in [-0.05, 0) is 31.0 Å². The summed E-state index contributed by atoms with van der Waals surface area (Å²) in [7, 11) is 0. The highest BCUT2D eigenvalue weighted by Gasteiger charge is 2.19. The molecule has 0 unspecified atom stereocenters. The normalized spacial score (nSPS) is 16.4. The predicted molar refractivity (Wildman–Crippen MR) is 88.6 cm³/mol. The minimum absolute atomic E-state index is 0.0795. The molecular formula is C15H19ClN6O. The zero-order chi connectivity index (χ0) is 16.2. The Labute approximate surface area is 139 Å². The maximum atomic E-state index is 12.3. The Hall–Kier alpha value is -1.96. The van der Waals surface area contributed by atoms with Crippen molar-refractivity contribution in [3.05, 3.63) is 35.9 Å². The van der Waals surface area contributed by atoms with E-state index in [1.165, 1.54) is 6.33 Å². The van der Waals surface area contributed by atoms with Gasteiger partial charge in [0.15, 0.2) is 0 Å². The summed E-state index contributed by atoms with van der Waals surface area (Å²) in [6.45, 7) is 2.04. The minimum Gasteiger partial charge on any atom is -0.328 e. The number of carbonyl (C=O) groups is 1. The number of aromatic nitrogens is 3. The van der Waals surface area contributed by atoms with Gasteiger partial charge in [0.2, 0.25) is 5.91 Å². The van der Waals surface area contributed by atoms with E-state index in [9.17, 15) is 4.79 Å². The number of nitrogens with one attached hydrogen (secondary N) is 1. The molecule has 0 bridgehead atoms. The van der Waals surface area contributed by atoms with E-state index < -0.39 is 0 Å². The smallest absolute Gasteiger partial charge is 0.238 e. The molecule has 2 heterocycles. The first-order valence-corrected chi connectivity index (χ1v) is 7.92. The lowest BCUT2D eigenvalue weighted by molar-refractivity contribution is -0.117. The maximum absolute atomic E-state index is 12.3. The molecule has 3 rings (SSSR count). The average molecular weight is 335 g/mol. The summed E-state index contributed by atoms with van der Waals surface area (Å²) in [5, 5.41) is 7.56. The van der Waals surface area contributed by atoms with Gasteiger partial charge in [-0.3, -0.25) is 9.69 Å². The summed E-state index contributed by atoms with van der Waals surface area (Å²) in [5.74, 6) is -0.0795. The number of amides is 1. The second kappa shape index (κ2) is 7.08. The van der Waals surface area contributed by atoms with Gasteiger partial charge in [-0.15, -0.1) is 0 Å². The van der Waals surface area contributed by atoms with Crippen LogP contribution in [-0.2, 0) is 4.79 Å². The molecule has 1 aliphatic heterocycles. The molecular weight excluding hydrogens is 316 g/mol. The number of anilines is 1. The van der Waals surface area contributed by atoms with Crippen molar-refractivity contribution in [3.8, 4) is 5.69 Å². The number of likely N-dealkylation sites (tertiary alicyclic amines) is 1. The van der Waals surface area contributed by atoms with Crippen molar-refractivity contribution < 1.29 is 4.79 Å². The highest BCUT2D eigenvalue weighted by atomic mass is 35.5. The van der Waals surface area contributed by atoms with E-state index >= 15 is 0 Å². The standard InChI is InChI=1S/C15H19ClN6O/c16-11-1-2-14(22-10-18-9-19-22)13(7-11)20-15(23)8-21-5-3-12(17)4-6-21/h1-2,7,9-10,12H,3-6,8,17H2,(H,20,23). The van der Waals surface area contributed by atoms with E-state index in [1.54, 1.807) is 29.2 Å². The summed E-state index contributed by atoms with van der Waals surface area (Å²) in [5.41, 5.74) is 7.22. The molecule has 7 nitrogen and oxygen atoms in total. The number of hydrogen-bond acceptors (Lipinski definition) is 5. The number of benzene rings is 1. The monoisotopic (exact) mass is 334 g/mol. The molecule has 1 saturated heterocycles. The van der Waals surface area contributed by atoms with E-state index in [-0.39, 0.29) is 11.9 Å². The number of rotatable bonds is 4. The number of nitrogens with two attached hydrogens (primary N) is 1. The Kier molecular flexibility index (Phi) is 4.90. The summed E-state index contributed by atoms with van der Waals surface area (Å²) in [4.78, 5) is 18.4. The zero-order valence-corrected chi connectivity index (χ0v) is 13.4. The van der Waals surface area contributed by atoms with Gasteiger partial charge < -0.3 is 11.1 Å². The molecule has 1 amide bonds. The number of piperidine rings is 1.